The third kappa shape index (κ3) is 4.69. The minimum Gasteiger partial charge on any atom is -0.370 e. The Kier molecular flexibility index (Phi) is 6.35. The Morgan fingerprint density at radius 2 is 1.89 bits per heavy atom. The third-order valence-corrected chi connectivity index (χ3v) is 9.60. The number of imidazole rings is 1. The van der Waals surface area contributed by atoms with Crippen LogP contribution in [0.15, 0.2) is 66.1 Å². The summed E-state index contributed by atoms with van der Waals surface area (Å²) in [6.45, 7) is 3.95. The van der Waals surface area contributed by atoms with Crippen LogP contribution in [0.4, 0.5) is 5.69 Å². The Morgan fingerprint density at radius 1 is 1.06 bits per heavy atom. The molecular weight excluding hydrogens is 470 g/mol. The maximum atomic E-state index is 12.8. The Bertz CT molecular complexity index is 1320. The van der Waals surface area contributed by atoms with E-state index in [0.717, 1.165) is 25.8 Å². The van der Waals surface area contributed by atoms with Gasteiger partial charge in [0.05, 0.1) is 6.33 Å². The minimum atomic E-state index is -3.61. The molecule has 2 aromatic carbocycles. The first-order chi connectivity index (χ1) is 17.5. The van der Waals surface area contributed by atoms with Gasteiger partial charge in [0.2, 0.25) is 0 Å². The molecule has 1 aromatic heterocycles. The topological polar surface area (TPSA) is 70.5 Å². The molecule has 0 spiro atoms. The maximum absolute atomic E-state index is 12.8. The number of aryl methyl sites for hydroxylation is 2. The fraction of sp³-hybridized carbons (Fsp3) is 0.464. The van der Waals surface area contributed by atoms with Gasteiger partial charge in [-0.25, -0.2) is 18.1 Å². The second-order valence-electron chi connectivity index (χ2n) is 10.6. The number of sulfonamides is 1. The monoisotopic (exact) mass is 505 g/mol. The predicted molar refractivity (Wildman–Crippen MR) is 142 cm³/mol. The maximum Gasteiger partial charge on any atom is 0.259 e. The van der Waals surface area contributed by atoms with E-state index in [2.05, 4.69) is 68.0 Å². The van der Waals surface area contributed by atoms with Gasteiger partial charge in [0.25, 0.3) is 10.0 Å². The van der Waals surface area contributed by atoms with Crippen LogP contribution in [-0.2, 0) is 29.9 Å². The van der Waals surface area contributed by atoms with Crippen molar-refractivity contribution in [1.29, 1.82) is 0 Å². The van der Waals surface area contributed by atoms with Gasteiger partial charge in [-0.2, -0.15) is 0 Å². The molecule has 3 unspecified atom stereocenters. The quantitative estimate of drug-likeness (QED) is 0.534. The Hall–Kier alpha value is -2.68. The van der Waals surface area contributed by atoms with Crippen LogP contribution in [0.2, 0.25) is 0 Å². The zero-order valence-corrected chi connectivity index (χ0v) is 21.7. The summed E-state index contributed by atoms with van der Waals surface area (Å²) in [7, 11) is -1.84. The van der Waals surface area contributed by atoms with Gasteiger partial charge >= 0.3 is 0 Å². The van der Waals surface area contributed by atoms with E-state index in [1.807, 2.05) is 0 Å². The van der Waals surface area contributed by atoms with E-state index >= 15 is 0 Å². The fourth-order valence-corrected chi connectivity index (χ4v) is 7.43. The van der Waals surface area contributed by atoms with E-state index in [1.165, 1.54) is 54.6 Å². The average molecular weight is 506 g/mol. The Labute approximate surface area is 214 Å². The van der Waals surface area contributed by atoms with Crippen LogP contribution >= 0.6 is 0 Å². The molecule has 1 aliphatic carbocycles. The minimum absolute atomic E-state index is 0.0815. The molecule has 0 bridgehead atoms. The van der Waals surface area contributed by atoms with Gasteiger partial charge in [-0.15, -0.1) is 0 Å². The molecule has 3 atom stereocenters. The van der Waals surface area contributed by atoms with E-state index in [9.17, 15) is 8.42 Å². The predicted octanol–water partition coefficient (Wildman–Crippen LogP) is 3.32. The summed E-state index contributed by atoms with van der Waals surface area (Å²) in [5.74, 6) is 0.484. The zero-order chi connectivity index (χ0) is 24.7. The molecule has 0 amide bonds. The summed E-state index contributed by atoms with van der Waals surface area (Å²) in [5, 5.41) is 0.0815. The van der Waals surface area contributed by atoms with Crippen molar-refractivity contribution >= 4 is 15.7 Å². The van der Waals surface area contributed by atoms with Crippen LogP contribution in [0.5, 0.6) is 0 Å². The van der Waals surface area contributed by atoms with Crippen molar-refractivity contribution in [3.8, 4) is 0 Å². The fourth-order valence-electron chi connectivity index (χ4n) is 6.19. The number of benzene rings is 2. The largest absolute Gasteiger partial charge is 0.370 e. The number of aromatic nitrogens is 2. The van der Waals surface area contributed by atoms with Gasteiger partial charge < -0.3 is 9.47 Å². The zero-order valence-electron chi connectivity index (χ0n) is 20.9. The molecule has 1 N–H and O–H groups in total. The number of nitrogens with zero attached hydrogens (tertiary/aromatic N) is 4. The number of likely N-dealkylation sites (tertiary alicyclic amines) is 1. The first-order valence-corrected chi connectivity index (χ1v) is 14.6. The van der Waals surface area contributed by atoms with Gasteiger partial charge in [-0.3, -0.25) is 4.90 Å². The molecule has 0 saturated carbocycles. The van der Waals surface area contributed by atoms with Crippen molar-refractivity contribution in [1.82, 2.24) is 19.2 Å². The summed E-state index contributed by atoms with van der Waals surface area (Å²) in [6, 6.07) is 18.3. The summed E-state index contributed by atoms with van der Waals surface area (Å²) in [5.41, 5.74) is 5.56. The molecule has 2 fully saturated rings. The van der Waals surface area contributed by atoms with Crippen molar-refractivity contribution in [3.63, 3.8) is 0 Å². The van der Waals surface area contributed by atoms with E-state index in [0.29, 0.717) is 18.5 Å². The number of rotatable bonds is 7. The summed E-state index contributed by atoms with van der Waals surface area (Å²) < 4.78 is 30.1. The molecule has 0 radical (unpaired) electrons. The second kappa shape index (κ2) is 9.65. The summed E-state index contributed by atoms with van der Waals surface area (Å²) in [4.78, 5) is 9.04. The third-order valence-electron chi connectivity index (χ3n) is 8.19. The van der Waals surface area contributed by atoms with Crippen molar-refractivity contribution < 1.29 is 8.42 Å². The van der Waals surface area contributed by atoms with Gasteiger partial charge in [-0.05, 0) is 74.0 Å². The molecule has 3 aromatic rings. The smallest absolute Gasteiger partial charge is 0.259 e. The lowest BCUT2D eigenvalue weighted by atomic mass is 9.74. The highest BCUT2D eigenvalue weighted by molar-refractivity contribution is 7.89. The average Bonchev–Trinajstić information content (AvgIpc) is 3.49. The highest BCUT2D eigenvalue weighted by Crippen LogP contribution is 2.40. The first-order valence-electron chi connectivity index (χ1n) is 13.1. The summed E-state index contributed by atoms with van der Waals surface area (Å²) >= 11 is 0. The van der Waals surface area contributed by atoms with Crippen LogP contribution in [0, 0.1) is 0 Å². The van der Waals surface area contributed by atoms with Crippen LogP contribution in [-0.4, -0.2) is 61.1 Å². The number of anilines is 1. The Balaban J connectivity index is 1.22. The molecule has 2 aliphatic heterocycles. The van der Waals surface area contributed by atoms with Crippen LogP contribution in [0.1, 0.15) is 41.9 Å². The molecule has 36 heavy (non-hydrogen) atoms. The molecule has 8 heteroatoms. The molecule has 3 aliphatic rings. The van der Waals surface area contributed by atoms with Crippen molar-refractivity contribution in [2.24, 2.45) is 7.05 Å². The SMILES string of the molecule is Cn1cnc(S(=O)(=O)NC2CCN(c3ccc4c(c3)C(Cc3ccccc3)C(N3CCC3)CC4)C2)c1. The van der Waals surface area contributed by atoms with E-state index in [-0.39, 0.29) is 11.1 Å². The van der Waals surface area contributed by atoms with Crippen molar-refractivity contribution in [2.75, 3.05) is 31.1 Å². The van der Waals surface area contributed by atoms with E-state index in [1.54, 1.807) is 17.8 Å². The van der Waals surface area contributed by atoms with Crippen LogP contribution < -0.4 is 9.62 Å². The number of hydrogen-bond donors (Lipinski definition) is 1. The molecule has 7 nitrogen and oxygen atoms in total. The van der Waals surface area contributed by atoms with Gasteiger partial charge in [-0.1, -0.05) is 36.4 Å². The lowest BCUT2D eigenvalue weighted by Gasteiger charge is -2.46. The summed E-state index contributed by atoms with van der Waals surface area (Å²) in [6.07, 6.45) is 8.57. The Morgan fingerprint density at radius 3 is 2.61 bits per heavy atom. The lowest BCUT2D eigenvalue weighted by Crippen LogP contribution is -2.50. The number of nitrogens with one attached hydrogen (secondary N) is 1. The standard InChI is InChI=1S/C28H35N5O2S/c1-31-19-28(29-20-31)36(34,35)30-23-12-15-33(18-23)24-10-8-22-9-11-27(32-13-5-14-32)26(25(22)17-24)16-21-6-3-2-4-7-21/h2-4,6-8,10,17,19-20,23,26-27,30H,5,9,11-16,18H2,1H3. The molecule has 6 rings (SSSR count). The van der Waals surface area contributed by atoms with Gasteiger partial charge in [0, 0.05) is 50.0 Å². The second-order valence-corrected chi connectivity index (χ2v) is 12.3. The van der Waals surface area contributed by atoms with Gasteiger partial charge in [0.15, 0.2) is 5.03 Å². The van der Waals surface area contributed by atoms with Crippen LogP contribution in [0.3, 0.4) is 0 Å². The highest BCUT2D eigenvalue weighted by Gasteiger charge is 2.36. The lowest BCUT2D eigenvalue weighted by molar-refractivity contribution is 0.0877. The van der Waals surface area contributed by atoms with Crippen molar-refractivity contribution in [3.05, 3.63) is 77.7 Å². The number of hydrogen-bond acceptors (Lipinski definition) is 5. The normalized spacial score (nSPS) is 24.5. The molecule has 3 heterocycles. The van der Waals surface area contributed by atoms with Gasteiger partial charge in [0.1, 0.15) is 0 Å². The van der Waals surface area contributed by atoms with E-state index < -0.39 is 10.0 Å². The van der Waals surface area contributed by atoms with Crippen molar-refractivity contribution in [2.45, 2.75) is 55.1 Å². The number of fused-ring (bicyclic) bond motifs is 1. The first kappa shape index (κ1) is 23.7. The molecule has 190 valence electrons. The molecular formula is C28H35N5O2S. The van der Waals surface area contributed by atoms with Crippen LogP contribution in [0.25, 0.3) is 0 Å². The van der Waals surface area contributed by atoms with E-state index in [4.69, 9.17) is 0 Å². The molecule has 2 saturated heterocycles. The highest BCUT2D eigenvalue weighted by atomic mass is 32.2.